The molecule has 0 aliphatic carbocycles. The highest BCUT2D eigenvalue weighted by atomic mass is 32.2. The summed E-state index contributed by atoms with van der Waals surface area (Å²) < 4.78 is 25.6. The van der Waals surface area contributed by atoms with Crippen molar-refractivity contribution in [1.82, 2.24) is 24.5 Å². The molecule has 0 atom stereocenters. The predicted molar refractivity (Wildman–Crippen MR) is 77.7 cm³/mol. The van der Waals surface area contributed by atoms with Crippen molar-refractivity contribution in [1.29, 1.82) is 0 Å². The summed E-state index contributed by atoms with van der Waals surface area (Å²) in [5, 5.41) is 9.08. The fraction of sp³-hybridized carbons (Fsp3) is 0.545. The van der Waals surface area contributed by atoms with E-state index >= 15 is 0 Å². The predicted octanol–water partition coefficient (Wildman–Crippen LogP) is -1.02. The molecule has 21 heavy (non-hydrogen) atoms. The minimum Gasteiger partial charge on any atom is -0.354 e. The average Bonchev–Trinajstić information content (AvgIpc) is 2.73. The highest BCUT2D eigenvalue weighted by Crippen LogP contribution is 2.29. The van der Waals surface area contributed by atoms with Crippen LogP contribution in [0.25, 0.3) is 11.0 Å². The van der Waals surface area contributed by atoms with Gasteiger partial charge in [-0.05, 0) is 12.3 Å². The van der Waals surface area contributed by atoms with Gasteiger partial charge in [0.25, 0.3) is 10.2 Å². The second kappa shape index (κ2) is 5.20. The number of nitrogens with zero attached hydrogens (tertiary/aromatic N) is 5. The van der Waals surface area contributed by atoms with Crippen LogP contribution in [0.3, 0.4) is 0 Å². The molecule has 0 bridgehead atoms. The number of hydrogen-bond acceptors (Lipinski definition) is 6. The molecule has 3 N–H and O–H groups in total. The van der Waals surface area contributed by atoms with Gasteiger partial charge in [-0.1, -0.05) is 0 Å². The number of anilines is 1. The zero-order chi connectivity index (χ0) is 15.0. The number of hydrogen-bond donors (Lipinski definition) is 2. The number of nitrogens with one attached hydrogen (secondary N) is 1. The zero-order valence-corrected chi connectivity index (χ0v) is 12.4. The Bertz CT molecular complexity index is 751. The third kappa shape index (κ3) is 2.96. The second-order valence-corrected chi connectivity index (χ2v) is 6.58. The van der Waals surface area contributed by atoms with E-state index in [1.54, 1.807) is 10.9 Å². The van der Waals surface area contributed by atoms with E-state index in [1.807, 2.05) is 7.05 Å². The first-order valence-electron chi connectivity index (χ1n) is 6.59. The first kappa shape index (κ1) is 14.2. The Morgan fingerprint density at radius 2 is 2.19 bits per heavy atom. The lowest BCUT2D eigenvalue weighted by Crippen LogP contribution is -2.48. The van der Waals surface area contributed by atoms with Crippen molar-refractivity contribution in [2.24, 2.45) is 18.1 Å². The van der Waals surface area contributed by atoms with Crippen LogP contribution in [0, 0.1) is 5.92 Å². The summed E-state index contributed by atoms with van der Waals surface area (Å²) in [5.74, 6) is 1.30. The van der Waals surface area contributed by atoms with Crippen LogP contribution in [-0.2, 0) is 17.3 Å². The van der Waals surface area contributed by atoms with Gasteiger partial charge in [0.05, 0.1) is 6.20 Å². The molecular formula is C11H17N7O2S. The molecule has 1 saturated heterocycles. The summed E-state index contributed by atoms with van der Waals surface area (Å²) in [6, 6.07) is 0. The Morgan fingerprint density at radius 1 is 1.43 bits per heavy atom. The molecule has 1 aliphatic heterocycles. The molecule has 0 aromatic carbocycles. The zero-order valence-electron chi connectivity index (χ0n) is 11.6. The lowest BCUT2D eigenvalue weighted by molar-refractivity contribution is 0.382. The molecule has 114 valence electrons. The van der Waals surface area contributed by atoms with Crippen LogP contribution in [0.1, 0.15) is 6.42 Å². The van der Waals surface area contributed by atoms with Crippen LogP contribution in [-0.4, -0.2) is 47.8 Å². The van der Waals surface area contributed by atoms with Crippen molar-refractivity contribution in [3.05, 3.63) is 12.5 Å². The van der Waals surface area contributed by atoms with Gasteiger partial charge in [0, 0.05) is 26.7 Å². The molecule has 2 aromatic heterocycles. The SMILES string of the molecule is Cn1ncc2ncnc(N3CC(CCNS(N)(=O)=O)C3)c21. The van der Waals surface area contributed by atoms with Crippen molar-refractivity contribution >= 4 is 27.1 Å². The third-order valence-electron chi connectivity index (χ3n) is 3.62. The van der Waals surface area contributed by atoms with Crippen LogP contribution in [0.15, 0.2) is 12.5 Å². The van der Waals surface area contributed by atoms with E-state index in [0.717, 1.165) is 36.4 Å². The molecule has 1 fully saturated rings. The van der Waals surface area contributed by atoms with E-state index in [2.05, 4.69) is 24.7 Å². The quantitative estimate of drug-likeness (QED) is 0.729. The Hall–Kier alpha value is -1.78. The monoisotopic (exact) mass is 311 g/mol. The van der Waals surface area contributed by atoms with Crippen LogP contribution in [0.4, 0.5) is 5.82 Å². The maximum atomic E-state index is 10.8. The Balaban J connectivity index is 1.62. The maximum absolute atomic E-state index is 10.8. The fourth-order valence-electron chi connectivity index (χ4n) is 2.55. The largest absolute Gasteiger partial charge is 0.354 e. The molecule has 10 heteroatoms. The van der Waals surface area contributed by atoms with E-state index < -0.39 is 10.2 Å². The van der Waals surface area contributed by atoms with E-state index in [1.165, 1.54) is 6.33 Å². The second-order valence-electron chi connectivity index (χ2n) is 5.20. The molecule has 3 rings (SSSR count). The lowest BCUT2D eigenvalue weighted by atomic mass is 9.96. The van der Waals surface area contributed by atoms with Gasteiger partial charge in [0.15, 0.2) is 5.82 Å². The molecular weight excluding hydrogens is 294 g/mol. The van der Waals surface area contributed by atoms with Crippen LogP contribution in [0.5, 0.6) is 0 Å². The van der Waals surface area contributed by atoms with Gasteiger partial charge in [-0.3, -0.25) is 4.68 Å². The summed E-state index contributed by atoms with van der Waals surface area (Å²) in [7, 11) is -1.73. The van der Waals surface area contributed by atoms with Gasteiger partial charge in [0.2, 0.25) is 0 Å². The van der Waals surface area contributed by atoms with Gasteiger partial charge in [0.1, 0.15) is 17.4 Å². The Morgan fingerprint density at radius 3 is 2.90 bits per heavy atom. The highest BCUT2D eigenvalue weighted by Gasteiger charge is 2.29. The number of aromatic nitrogens is 4. The number of rotatable bonds is 5. The number of aryl methyl sites for hydroxylation is 1. The van der Waals surface area contributed by atoms with Gasteiger partial charge in [-0.2, -0.15) is 13.5 Å². The minimum atomic E-state index is -3.59. The van der Waals surface area contributed by atoms with Crippen molar-refractivity contribution in [3.63, 3.8) is 0 Å². The summed E-state index contributed by atoms with van der Waals surface area (Å²) >= 11 is 0. The smallest absolute Gasteiger partial charge is 0.274 e. The summed E-state index contributed by atoms with van der Waals surface area (Å²) in [5.41, 5.74) is 1.74. The summed E-state index contributed by atoms with van der Waals surface area (Å²) in [6.07, 6.45) is 4.01. The highest BCUT2D eigenvalue weighted by molar-refractivity contribution is 7.87. The van der Waals surface area contributed by atoms with Gasteiger partial charge in [-0.15, -0.1) is 0 Å². The van der Waals surface area contributed by atoms with E-state index in [4.69, 9.17) is 5.14 Å². The average molecular weight is 311 g/mol. The molecule has 3 heterocycles. The standard InChI is InChI=1S/C11H17N7O2S/c1-17-10-9(4-15-17)13-7-14-11(10)18-5-8(6-18)2-3-16-21(12,19)20/h4,7-8,16H,2-3,5-6H2,1H3,(H2,12,19,20). The van der Waals surface area contributed by atoms with Crippen LogP contribution in [0.2, 0.25) is 0 Å². The molecule has 0 spiro atoms. The Labute approximate surface area is 122 Å². The molecule has 0 unspecified atom stereocenters. The van der Waals surface area contributed by atoms with E-state index in [-0.39, 0.29) is 0 Å². The van der Waals surface area contributed by atoms with E-state index in [0.29, 0.717) is 12.5 Å². The van der Waals surface area contributed by atoms with Crippen LogP contribution < -0.4 is 14.8 Å². The van der Waals surface area contributed by atoms with Crippen molar-refractivity contribution < 1.29 is 8.42 Å². The lowest BCUT2D eigenvalue weighted by Gasteiger charge is -2.40. The molecule has 0 radical (unpaired) electrons. The first-order valence-corrected chi connectivity index (χ1v) is 8.14. The summed E-state index contributed by atoms with van der Waals surface area (Å²) in [6.45, 7) is 2.04. The van der Waals surface area contributed by atoms with Gasteiger partial charge < -0.3 is 4.90 Å². The Kier molecular flexibility index (Phi) is 3.51. The number of nitrogens with two attached hydrogens (primary N) is 1. The minimum absolute atomic E-state index is 0.363. The van der Waals surface area contributed by atoms with Crippen LogP contribution >= 0.6 is 0 Å². The topological polar surface area (TPSA) is 119 Å². The maximum Gasteiger partial charge on any atom is 0.274 e. The summed E-state index contributed by atoms with van der Waals surface area (Å²) in [4.78, 5) is 10.7. The number of fused-ring (bicyclic) bond motifs is 1. The third-order valence-corrected chi connectivity index (χ3v) is 4.23. The molecule has 9 nitrogen and oxygen atoms in total. The molecule has 0 amide bonds. The first-order chi connectivity index (χ1) is 9.94. The van der Waals surface area contributed by atoms with Crippen molar-refractivity contribution in [2.45, 2.75) is 6.42 Å². The molecule has 2 aromatic rings. The van der Waals surface area contributed by atoms with Gasteiger partial charge in [-0.25, -0.2) is 19.8 Å². The fourth-order valence-corrected chi connectivity index (χ4v) is 2.95. The normalized spacial score (nSPS) is 16.4. The van der Waals surface area contributed by atoms with Crippen molar-refractivity contribution in [3.8, 4) is 0 Å². The molecule has 1 aliphatic rings. The van der Waals surface area contributed by atoms with E-state index in [9.17, 15) is 8.42 Å². The molecule has 0 saturated carbocycles. The van der Waals surface area contributed by atoms with Crippen molar-refractivity contribution in [2.75, 3.05) is 24.5 Å². The van der Waals surface area contributed by atoms with Gasteiger partial charge >= 0.3 is 0 Å².